The number of benzene rings is 1. The van der Waals surface area contributed by atoms with Crippen molar-refractivity contribution < 1.29 is 9.47 Å². The number of nitrogens with one attached hydrogen (secondary N) is 1. The average molecular weight is 272 g/mol. The fourth-order valence-electron chi connectivity index (χ4n) is 1.09. The summed E-state index contributed by atoms with van der Waals surface area (Å²) in [6, 6.07) is 5.73. The Kier molecular flexibility index (Phi) is 5.04. The molecule has 0 aliphatic rings. The van der Waals surface area contributed by atoms with Gasteiger partial charge in [-0.3, -0.25) is 0 Å². The fraction of sp³-hybridized carbons (Fsp3) is 0.273. The van der Waals surface area contributed by atoms with E-state index in [1.165, 1.54) is 0 Å². The molecule has 0 saturated heterocycles. The molecule has 1 rings (SSSR count). The van der Waals surface area contributed by atoms with Crippen LogP contribution in [-0.2, 0) is 5.33 Å². The van der Waals surface area contributed by atoms with Gasteiger partial charge in [-0.25, -0.2) is 0 Å². The molecule has 0 aromatic heterocycles. The number of hydrogen-bond donors (Lipinski definition) is 1. The molecule has 0 amide bonds. The average Bonchev–Trinajstić information content (AvgIpc) is 2.29. The van der Waals surface area contributed by atoms with Gasteiger partial charge in [-0.05, 0) is 6.07 Å². The van der Waals surface area contributed by atoms with E-state index in [4.69, 9.17) is 9.47 Å². The summed E-state index contributed by atoms with van der Waals surface area (Å²) in [5, 5.41) is 3.61. The normalized spacial score (nSPS) is 10.3. The Labute approximate surface area is 98.2 Å². The van der Waals surface area contributed by atoms with Crippen LogP contribution in [0.5, 0.6) is 11.5 Å². The Hall–Kier alpha value is -1.16. The fourth-order valence-corrected chi connectivity index (χ4v) is 1.55. The van der Waals surface area contributed by atoms with Crippen molar-refractivity contribution in [3.8, 4) is 11.5 Å². The third-order valence-electron chi connectivity index (χ3n) is 1.84. The van der Waals surface area contributed by atoms with E-state index < -0.39 is 0 Å². The molecule has 82 valence electrons. The van der Waals surface area contributed by atoms with E-state index >= 15 is 0 Å². The molecule has 0 unspecified atom stereocenters. The molecule has 0 fully saturated rings. The molecular formula is C11H14BrNO2. The van der Waals surface area contributed by atoms with Crippen molar-refractivity contribution in [2.24, 2.45) is 0 Å². The van der Waals surface area contributed by atoms with Gasteiger partial charge in [0.05, 0.1) is 7.11 Å². The molecule has 0 spiro atoms. The minimum atomic E-state index is 0.753. The van der Waals surface area contributed by atoms with Crippen molar-refractivity contribution in [1.29, 1.82) is 0 Å². The second-order valence-electron chi connectivity index (χ2n) is 2.82. The summed E-state index contributed by atoms with van der Waals surface area (Å²) >= 11 is 3.39. The van der Waals surface area contributed by atoms with Gasteiger partial charge in [0.15, 0.2) is 0 Å². The first-order chi connectivity index (χ1) is 7.31. The van der Waals surface area contributed by atoms with Crippen LogP contribution in [0.4, 0.5) is 0 Å². The van der Waals surface area contributed by atoms with Crippen molar-refractivity contribution >= 4 is 15.9 Å². The van der Waals surface area contributed by atoms with Crippen molar-refractivity contribution in [2.75, 3.05) is 14.2 Å². The SMILES string of the molecule is CNC=COc1ccc(CBr)c(OC)c1. The van der Waals surface area contributed by atoms with Gasteiger partial charge in [0.25, 0.3) is 0 Å². The monoisotopic (exact) mass is 271 g/mol. The lowest BCUT2D eigenvalue weighted by atomic mass is 10.2. The van der Waals surface area contributed by atoms with Gasteiger partial charge < -0.3 is 14.8 Å². The minimum Gasteiger partial charge on any atom is -0.496 e. The quantitative estimate of drug-likeness (QED) is 0.660. The maximum Gasteiger partial charge on any atom is 0.130 e. The van der Waals surface area contributed by atoms with Crippen molar-refractivity contribution in [1.82, 2.24) is 5.32 Å². The van der Waals surface area contributed by atoms with Crippen molar-refractivity contribution in [2.45, 2.75) is 5.33 Å². The molecule has 0 aliphatic heterocycles. The predicted octanol–water partition coefficient (Wildman–Crippen LogP) is 2.66. The summed E-state index contributed by atoms with van der Waals surface area (Å²) in [6.45, 7) is 0. The van der Waals surface area contributed by atoms with E-state index in [9.17, 15) is 0 Å². The number of hydrogen-bond acceptors (Lipinski definition) is 3. The van der Waals surface area contributed by atoms with Crippen LogP contribution >= 0.6 is 15.9 Å². The summed E-state index contributed by atoms with van der Waals surface area (Å²) in [5.41, 5.74) is 1.10. The van der Waals surface area contributed by atoms with Gasteiger partial charge in [-0.2, -0.15) is 0 Å². The Bertz CT molecular complexity index is 339. The first-order valence-corrected chi connectivity index (χ1v) is 5.65. The van der Waals surface area contributed by atoms with Crippen LogP contribution in [0.15, 0.2) is 30.7 Å². The molecule has 0 bridgehead atoms. The number of halogens is 1. The number of ether oxygens (including phenoxy) is 2. The lowest BCUT2D eigenvalue weighted by molar-refractivity contribution is 0.405. The van der Waals surface area contributed by atoms with Gasteiger partial charge in [-0.1, -0.05) is 22.0 Å². The van der Waals surface area contributed by atoms with E-state index in [1.54, 1.807) is 19.6 Å². The third kappa shape index (κ3) is 3.47. The molecule has 0 radical (unpaired) electrons. The first-order valence-electron chi connectivity index (χ1n) is 4.53. The first kappa shape index (κ1) is 11.9. The minimum absolute atomic E-state index is 0.753. The third-order valence-corrected chi connectivity index (χ3v) is 2.45. The Morgan fingerprint density at radius 2 is 2.27 bits per heavy atom. The maximum atomic E-state index is 5.35. The van der Waals surface area contributed by atoms with Gasteiger partial charge in [0.1, 0.15) is 17.8 Å². The molecule has 15 heavy (non-hydrogen) atoms. The Balaban J connectivity index is 2.78. The number of rotatable bonds is 5. The summed E-state index contributed by atoms with van der Waals surface area (Å²) in [4.78, 5) is 0. The van der Waals surface area contributed by atoms with E-state index in [0.29, 0.717) is 0 Å². The summed E-state index contributed by atoms with van der Waals surface area (Å²) in [5.74, 6) is 1.57. The molecule has 1 aromatic carbocycles. The molecule has 1 N–H and O–H groups in total. The highest BCUT2D eigenvalue weighted by atomic mass is 79.9. The van der Waals surface area contributed by atoms with E-state index in [-0.39, 0.29) is 0 Å². The highest BCUT2D eigenvalue weighted by Gasteiger charge is 2.02. The van der Waals surface area contributed by atoms with E-state index in [0.717, 1.165) is 22.4 Å². The molecule has 3 nitrogen and oxygen atoms in total. The number of alkyl halides is 1. The summed E-state index contributed by atoms with van der Waals surface area (Å²) in [6.07, 6.45) is 3.30. The second kappa shape index (κ2) is 6.35. The van der Waals surface area contributed by atoms with Crippen LogP contribution in [0.2, 0.25) is 0 Å². The number of methoxy groups -OCH3 is 1. The van der Waals surface area contributed by atoms with Gasteiger partial charge in [0, 0.05) is 30.2 Å². The van der Waals surface area contributed by atoms with E-state index in [1.807, 2.05) is 25.2 Å². The second-order valence-corrected chi connectivity index (χ2v) is 3.38. The maximum absolute atomic E-state index is 5.35. The molecule has 0 heterocycles. The molecule has 0 saturated carbocycles. The largest absolute Gasteiger partial charge is 0.496 e. The molecule has 0 atom stereocenters. The smallest absolute Gasteiger partial charge is 0.130 e. The van der Waals surface area contributed by atoms with Crippen molar-refractivity contribution in [3.63, 3.8) is 0 Å². The van der Waals surface area contributed by atoms with Gasteiger partial charge in [-0.15, -0.1) is 0 Å². The topological polar surface area (TPSA) is 30.5 Å². The molecule has 1 aromatic rings. The van der Waals surface area contributed by atoms with Crippen LogP contribution in [0.3, 0.4) is 0 Å². The van der Waals surface area contributed by atoms with Gasteiger partial charge >= 0.3 is 0 Å². The zero-order valence-electron chi connectivity index (χ0n) is 8.79. The Morgan fingerprint density at radius 3 is 2.87 bits per heavy atom. The molecular weight excluding hydrogens is 258 g/mol. The lowest BCUT2D eigenvalue weighted by Crippen LogP contribution is -1.94. The highest BCUT2D eigenvalue weighted by molar-refractivity contribution is 9.08. The van der Waals surface area contributed by atoms with Crippen LogP contribution in [0.1, 0.15) is 5.56 Å². The van der Waals surface area contributed by atoms with Crippen LogP contribution in [0.25, 0.3) is 0 Å². The summed E-state index contributed by atoms with van der Waals surface area (Å²) in [7, 11) is 3.46. The highest BCUT2D eigenvalue weighted by Crippen LogP contribution is 2.26. The lowest BCUT2D eigenvalue weighted by Gasteiger charge is -2.07. The predicted molar refractivity (Wildman–Crippen MR) is 64.5 cm³/mol. The van der Waals surface area contributed by atoms with E-state index in [2.05, 4.69) is 21.2 Å². The van der Waals surface area contributed by atoms with Crippen molar-refractivity contribution in [3.05, 3.63) is 36.2 Å². The van der Waals surface area contributed by atoms with Crippen LogP contribution in [0, 0.1) is 0 Å². The zero-order valence-corrected chi connectivity index (χ0v) is 10.4. The zero-order chi connectivity index (χ0) is 11.1. The Morgan fingerprint density at radius 1 is 1.47 bits per heavy atom. The van der Waals surface area contributed by atoms with Gasteiger partial charge in [0.2, 0.25) is 0 Å². The van der Waals surface area contributed by atoms with Crippen LogP contribution < -0.4 is 14.8 Å². The molecule has 4 heteroatoms. The molecule has 0 aliphatic carbocycles. The standard InChI is InChI=1S/C11H14BrNO2/c1-13-5-6-15-10-4-3-9(8-12)11(7-10)14-2/h3-7,13H,8H2,1-2H3. The summed E-state index contributed by atoms with van der Waals surface area (Å²) < 4.78 is 10.6. The van der Waals surface area contributed by atoms with Crippen LogP contribution in [-0.4, -0.2) is 14.2 Å².